The van der Waals surface area contributed by atoms with E-state index in [0.29, 0.717) is 13.2 Å². The molecule has 1 atom stereocenters. The van der Waals surface area contributed by atoms with Gasteiger partial charge in [-0.2, -0.15) is 0 Å². The Labute approximate surface area is 132 Å². The van der Waals surface area contributed by atoms with Crippen molar-refractivity contribution in [3.05, 3.63) is 54.1 Å². The number of ether oxygens (including phenoxy) is 2. The van der Waals surface area contributed by atoms with Gasteiger partial charge in [-0.3, -0.25) is 0 Å². The van der Waals surface area contributed by atoms with Crippen LogP contribution in [0, 0.1) is 0 Å². The van der Waals surface area contributed by atoms with Gasteiger partial charge in [-0.1, -0.05) is 24.3 Å². The van der Waals surface area contributed by atoms with Crippen molar-refractivity contribution >= 4 is 5.69 Å². The summed E-state index contributed by atoms with van der Waals surface area (Å²) in [6.07, 6.45) is 0. The number of para-hydroxylation sites is 1. The fourth-order valence-corrected chi connectivity index (χ4v) is 2.53. The quantitative estimate of drug-likeness (QED) is 0.853. The molecule has 2 aromatic rings. The molecule has 0 aliphatic carbocycles. The van der Waals surface area contributed by atoms with Gasteiger partial charge in [0.05, 0.1) is 19.8 Å². The van der Waals surface area contributed by atoms with Crippen LogP contribution in [0.4, 0.5) is 5.69 Å². The van der Waals surface area contributed by atoms with E-state index >= 15 is 0 Å². The summed E-state index contributed by atoms with van der Waals surface area (Å²) in [4.78, 5) is 2.18. The number of anilines is 1. The van der Waals surface area contributed by atoms with E-state index in [0.717, 1.165) is 22.7 Å². The summed E-state index contributed by atoms with van der Waals surface area (Å²) in [6.45, 7) is 3.09. The lowest BCUT2D eigenvalue weighted by atomic mass is 10.0. The molecule has 2 aromatic carbocycles. The summed E-state index contributed by atoms with van der Waals surface area (Å²) in [5, 5.41) is 0. The van der Waals surface area contributed by atoms with E-state index in [2.05, 4.69) is 24.1 Å². The minimum absolute atomic E-state index is 0.0759. The molecule has 0 aromatic heterocycles. The number of rotatable bonds is 7. The monoisotopic (exact) mass is 300 g/mol. The molecule has 0 fully saturated rings. The van der Waals surface area contributed by atoms with Crippen LogP contribution in [0.5, 0.6) is 11.5 Å². The first-order valence-corrected chi connectivity index (χ1v) is 7.50. The second-order valence-corrected chi connectivity index (χ2v) is 5.04. The third kappa shape index (κ3) is 3.52. The van der Waals surface area contributed by atoms with Crippen LogP contribution in [0.3, 0.4) is 0 Å². The molecule has 0 bridgehead atoms. The van der Waals surface area contributed by atoms with Crippen molar-refractivity contribution in [2.75, 3.05) is 32.2 Å². The van der Waals surface area contributed by atoms with Crippen LogP contribution in [0.2, 0.25) is 0 Å². The Morgan fingerprint density at radius 3 is 2.41 bits per heavy atom. The molecule has 0 aliphatic heterocycles. The predicted molar refractivity (Wildman–Crippen MR) is 90.8 cm³/mol. The van der Waals surface area contributed by atoms with Crippen molar-refractivity contribution in [3.8, 4) is 11.5 Å². The van der Waals surface area contributed by atoms with Crippen molar-refractivity contribution in [2.45, 2.75) is 13.0 Å². The summed E-state index contributed by atoms with van der Waals surface area (Å²) >= 11 is 0. The fourth-order valence-electron chi connectivity index (χ4n) is 2.53. The van der Waals surface area contributed by atoms with E-state index < -0.39 is 0 Å². The predicted octanol–water partition coefficient (Wildman–Crippen LogP) is 3.23. The third-order valence-corrected chi connectivity index (χ3v) is 3.73. The van der Waals surface area contributed by atoms with Gasteiger partial charge < -0.3 is 20.1 Å². The van der Waals surface area contributed by atoms with Crippen molar-refractivity contribution in [1.29, 1.82) is 0 Å². The molecule has 1 unspecified atom stereocenters. The molecule has 0 heterocycles. The molecular formula is C18H24N2O2. The van der Waals surface area contributed by atoms with Crippen LogP contribution in [-0.4, -0.2) is 27.3 Å². The van der Waals surface area contributed by atoms with E-state index in [1.165, 1.54) is 0 Å². The highest BCUT2D eigenvalue weighted by molar-refractivity contribution is 5.50. The van der Waals surface area contributed by atoms with Crippen LogP contribution >= 0.6 is 0 Å². The zero-order valence-corrected chi connectivity index (χ0v) is 13.5. The highest BCUT2D eigenvalue weighted by Crippen LogP contribution is 2.33. The summed E-state index contributed by atoms with van der Waals surface area (Å²) in [7, 11) is 3.70. The van der Waals surface area contributed by atoms with Gasteiger partial charge in [-0.15, -0.1) is 0 Å². The highest BCUT2D eigenvalue weighted by atomic mass is 16.5. The lowest BCUT2D eigenvalue weighted by molar-refractivity contribution is 0.310. The van der Waals surface area contributed by atoms with Crippen LogP contribution in [-0.2, 0) is 0 Å². The topological polar surface area (TPSA) is 47.7 Å². The van der Waals surface area contributed by atoms with E-state index in [-0.39, 0.29) is 6.04 Å². The number of nitrogens with zero attached hydrogens (tertiary/aromatic N) is 1. The number of hydrogen-bond acceptors (Lipinski definition) is 4. The molecule has 0 saturated heterocycles. The Balaban J connectivity index is 2.31. The first-order chi connectivity index (χ1) is 10.7. The van der Waals surface area contributed by atoms with Gasteiger partial charge in [0.1, 0.15) is 0 Å². The van der Waals surface area contributed by atoms with Gasteiger partial charge in [0.25, 0.3) is 0 Å². The second kappa shape index (κ2) is 7.71. The van der Waals surface area contributed by atoms with Crippen LogP contribution in [0.1, 0.15) is 18.5 Å². The Hall–Kier alpha value is -2.20. The lowest BCUT2D eigenvalue weighted by Gasteiger charge is -2.30. The molecule has 2 rings (SSSR count). The molecule has 4 heteroatoms. The molecule has 0 amide bonds. The number of benzene rings is 2. The van der Waals surface area contributed by atoms with Gasteiger partial charge >= 0.3 is 0 Å². The van der Waals surface area contributed by atoms with Crippen molar-refractivity contribution in [2.24, 2.45) is 5.73 Å². The first-order valence-electron chi connectivity index (χ1n) is 7.50. The smallest absolute Gasteiger partial charge is 0.161 e. The molecule has 0 radical (unpaired) electrons. The summed E-state index contributed by atoms with van der Waals surface area (Å²) < 4.78 is 11.0. The average molecular weight is 300 g/mol. The summed E-state index contributed by atoms with van der Waals surface area (Å²) in [5.41, 5.74) is 8.25. The maximum Gasteiger partial charge on any atom is 0.161 e. The van der Waals surface area contributed by atoms with Gasteiger partial charge in [-0.05, 0) is 36.8 Å². The van der Waals surface area contributed by atoms with Gasteiger partial charge in [0.15, 0.2) is 11.5 Å². The SMILES string of the molecule is CCOc1ccc(C(CN)N(C)c2ccccc2)cc1OC. The summed E-state index contributed by atoms with van der Waals surface area (Å²) in [6, 6.07) is 16.3. The maximum absolute atomic E-state index is 6.02. The van der Waals surface area contributed by atoms with Crippen LogP contribution in [0.15, 0.2) is 48.5 Å². The Kier molecular flexibility index (Phi) is 5.67. The molecule has 0 spiro atoms. The normalized spacial score (nSPS) is 11.8. The average Bonchev–Trinajstić information content (AvgIpc) is 2.57. The minimum Gasteiger partial charge on any atom is -0.493 e. The fraction of sp³-hybridized carbons (Fsp3) is 0.333. The van der Waals surface area contributed by atoms with E-state index in [9.17, 15) is 0 Å². The maximum atomic E-state index is 6.02. The number of hydrogen-bond donors (Lipinski definition) is 1. The molecule has 0 saturated carbocycles. The molecule has 22 heavy (non-hydrogen) atoms. The van der Waals surface area contributed by atoms with E-state index in [1.807, 2.05) is 43.3 Å². The second-order valence-electron chi connectivity index (χ2n) is 5.04. The van der Waals surface area contributed by atoms with Gasteiger partial charge in [0, 0.05) is 19.3 Å². The Morgan fingerprint density at radius 1 is 1.09 bits per heavy atom. The first kappa shape index (κ1) is 16.2. The van der Waals surface area contributed by atoms with E-state index in [4.69, 9.17) is 15.2 Å². The summed E-state index contributed by atoms with van der Waals surface area (Å²) in [5.74, 6) is 1.49. The van der Waals surface area contributed by atoms with Crippen molar-refractivity contribution in [3.63, 3.8) is 0 Å². The zero-order valence-electron chi connectivity index (χ0n) is 13.5. The van der Waals surface area contributed by atoms with Gasteiger partial charge in [-0.25, -0.2) is 0 Å². The molecular weight excluding hydrogens is 276 g/mol. The number of methoxy groups -OCH3 is 1. The zero-order chi connectivity index (χ0) is 15.9. The Morgan fingerprint density at radius 2 is 1.82 bits per heavy atom. The molecule has 2 N–H and O–H groups in total. The molecule has 0 aliphatic rings. The van der Waals surface area contributed by atoms with Crippen LogP contribution in [0.25, 0.3) is 0 Å². The number of likely N-dealkylation sites (N-methyl/N-ethyl adjacent to an activating group) is 1. The number of nitrogens with two attached hydrogens (primary N) is 1. The molecule has 4 nitrogen and oxygen atoms in total. The third-order valence-electron chi connectivity index (χ3n) is 3.73. The standard InChI is InChI=1S/C18H24N2O2/c1-4-22-17-11-10-14(12-18(17)21-3)16(13-19)20(2)15-8-6-5-7-9-15/h5-12,16H,4,13,19H2,1-3H3. The van der Waals surface area contributed by atoms with Crippen LogP contribution < -0.4 is 20.1 Å². The minimum atomic E-state index is 0.0759. The van der Waals surface area contributed by atoms with Crippen molar-refractivity contribution < 1.29 is 9.47 Å². The van der Waals surface area contributed by atoms with Gasteiger partial charge in [0.2, 0.25) is 0 Å². The highest BCUT2D eigenvalue weighted by Gasteiger charge is 2.18. The largest absolute Gasteiger partial charge is 0.493 e. The van der Waals surface area contributed by atoms with E-state index in [1.54, 1.807) is 7.11 Å². The molecule has 118 valence electrons. The van der Waals surface area contributed by atoms with Crippen molar-refractivity contribution in [1.82, 2.24) is 0 Å². The Bertz CT molecular complexity index is 587. The lowest BCUT2D eigenvalue weighted by Crippen LogP contribution is -2.30.